The fraction of sp³-hybridized carbons (Fsp3) is 0.235. The Hall–Kier alpha value is -2.79. The summed E-state index contributed by atoms with van der Waals surface area (Å²) in [6, 6.07) is 12.5. The van der Waals surface area contributed by atoms with Crippen molar-refractivity contribution in [2.24, 2.45) is 0 Å². The van der Waals surface area contributed by atoms with E-state index in [4.69, 9.17) is 0 Å². The molecule has 0 radical (unpaired) electrons. The Morgan fingerprint density at radius 2 is 1.61 bits per heavy atom. The van der Waals surface area contributed by atoms with Crippen LogP contribution in [0.1, 0.15) is 0 Å². The molecule has 152 valence electrons. The van der Waals surface area contributed by atoms with Gasteiger partial charge in [0.1, 0.15) is 12.3 Å². The van der Waals surface area contributed by atoms with E-state index < -0.39 is 34.8 Å². The molecule has 0 saturated carbocycles. The topological polar surface area (TPSA) is 79.0 Å². The first-order chi connectivity index (χ1) is 13.0. The fourth-order valence-electron chi connectivity index (χ4n) is 2.17. The number of hydrogen-bond acceptors (Lipinski definition) is 4. The van der Waals surface area contributed by atoms with Crippen molar-refractivity contribution in [3.05, 3.63) is 54.6 Å². The van der Waals surface area contributed by atoms with E-state index >= 15 is 0 Å². The van der Waals surface area contributed by atoms with Gasteiger partial charge in [0, 0.05) is 19.8 Å². The molecular formula is C17H18F3N3O4S. The van der Waals surface area contributed by atoms with Gasteiger partial charge in [-0.2, -0.15) is 12.7 Å². The predicted octanol–water partition coefficient (Wildman–Crippen LogP) is 2.84. The lowest BCUT2D eigenvalue weighted by Crippen LogP contribution is -2.44. The summed E-state index contributed by atoms with van der Waals surface area (Å²) in [5.74, 6) is -1.11. The largest absolute Gasteiger partial charge is 0.573 e. The maximum Gasteiger partial charge on any atom is 0.573 e. The van der Waals surface area contributed by atoms with E-state index in [1.165, 1.54) is 38.4 Å². The van der Waals surface area contributed by atoms with Gasteiger partial charge in [-0.15, -0.1) is 13.2 Å². The first-order valence-electron chi connectivity index (χ1n) is 7.90. The summed E-state index contributed by atoms with van der Waals surface area (Å²) in [6.07, 6.45) is -4.82. The van der Waals surface area contributed by atoms with Gasteiger partial charge < -0.3 is 10.1 Å². The molecule has 7 nitrogen and oxygen atoms in total. The van der Waals surface area contributed by atoms with Crippen LogP contribution < -0.4 is 14.4 Å². The second-order valence-electron chi connectivity index (χ2n) is 5.75. The van der Waals surface area contributed by atoms with Crippen molar-refractivity contribution in [1.82, 2.24) is 4.31 Å². The third-order valence-electron chi connectivity index (χ3n) is 3.44. The SMILES string of the molecule is CN(C)S(=O)(=O)N(CC(=O)Nc1ccc(OC(F)(F)F)cc1)c1ccccc1. The normalized spacial score (nSPS) is 11.9. The number of benzene rings is 2. The van der Waals surface area contributed by atoms with E-state index in [0.29, 0.717) is 5.69 Å². The summed E-state index contributed by atoms with van der Waals surface area (Å²) >= 11 is 0. The molecule has 1 amide bonds. The van der Waals surface area contributed by atoms with Crippen molar-refractivity contribution in [2.45, 2.75) is 6.36 Å². The van der Waals surface area contributed by atoms with Crippen LogP contribution >= 0.6 is 0 Å². The van der Waals surface area contributed by atoms with Crippen molar-refractivity contribution < 1.29 is 31.1 Å². The second kappa shape index (κ2) is 8.48. The van der Waals surface area contributed by atoms with E-state index in [0.717, 1.165) is 20.7 Å². The van der Waals surface area contributed by atoms with Gasteiger partial charge in [0.05, 0.1) is 5.69 Å². The average Bonchev–Trinajstić information content (AvgIpc) is 2.60. The number of rotatable bonds is 7. The van der Waals surface area contributed by atoms with Gasteiger partial charge in [0.15, 0.2) is 0 Å². The number of carbonyl (C=O) groups is 1. The maximum absolute atomic E-state index is 12.5. The fourth-order valence-corrected chi connectivity index (χ4v) is 3.23. The van der Waals surface area contributed by atoms with E-state index in [2.05, 4.69) is 10.1 Å². The van der Waals surface area contributed by atoms with Crippen LogP contribution in [0.3, 0.4) is 0 Å². The Morgan fingerprint density at radius 3 is 2.11 bits per heavy atom. The van der Waals surface area contributed by atoms with E-state index in [1.54, 1.807) is 18.2 Å². The molecular weight excluding hydrogens is 399 g/mol. The van der Waals surface area contributed by atoms with Gasteiger partial charge in [0.25, 0.3) is 0 Å². The van der Waals surface area contributed by atoms with Crippen molar-refractivity contribution in [3.63, 3.8) is 0 Å². The highest BCUT2D eigenvalue weighted by Gasteiger charge is 2.31. The highest BCUT2D eigenvalue weighted by Crippen LogP contribution is 2.24. The summed E-state index contributed by atoms with van der Waals surface area (Å²) < 4.78 is 67.3. The monoisotopic (exact) mass is 417 g/mol. The standard InChI is InChI=1S/C17H18F3N3O4S/c1-22(2)28(25,26)23(14-6-4-3-5-7-14)12-16(24)21-13-8-10-15(11-9-13)27-17(18,19)20/h3-11H,12H2,1-2H3,(H,21,24). The van der Waals surface area contributed by atoms with Gasteiger partial charge in [-0.05, 0) is 36.4 Å². The number of carbonyl (C=O) groups excluding carboxylic acids is 1. The maximum atomic E-state index is 12.5. The number of alkyl halides is 3. The highest BCUT2D eigenvalue weighted by molar-refractivity contribution is 7.90. The Balaban J connectivity index is 2.14. The lowest BCUT2D eigenvalue weighted by atomic mass is 10.3. The molecule has 0 heterocycles. The van der Waals surface area contributed by atoms with E-state index in [9.17, 15) is 26.4 Å². The number of ether oxygens (including phenoxy) is 1. The van der Waals surface area contributed by atoms with Gasteiger partial charge >= 0.3 is 16.6 Å². The molecule has 0 unspecified atom stereocenters. The van der Waals surface area contributed by atoms with Crippen LogP contribution in [0.25, 0.3) is 0 Å². The second-order valence-corrected chi connectivity index (χ2v) is 7.82. The molecule has 0 aliphatic heterocycles. The zero-order valence-corrected chi connectivity index (χ0v) is 15.8. The Kier molecular flexibility index (Phi) is 6.52. The molecule has 0 saturated heterocycles. The number of amides is 1. The number of halogens is 3. The molecule has 11 heteroatoms. The molecule has 2 rings (SSSR count). The van der Waals surface area contributed by atoms with Gasteiger partial charge in [-0.3, -0.25) is 4.79 Å². The number of anilines is 2. The minimum atomic E-state index is -4.82. The zero-order valence-electron chi connectivity index (χ0n) is 15.0. The molecule has 0 fully saturated rings. The van der Waals surface area contributed by atoms with Crippen molar-refractivity contribution >= 4 is 27.5 Å². The number of hydrogen-bond donors (Lipinski definition) is 1. The zero-order chi connectivity index (χ0) is 20.9. The third kappa shape index (κ3) is 5.86. The minimum Gasteiger partial charge on any atom is -0.406 e. The highest BCUT2D eigenvalue weighted by atomic mass is 32.2. The summed E-state index contributed by atoms with van der Waals surface area (Å²) in [4.78, 5) is 12.3. The number of para-hydroxylation sites is 1. The third-order valence-corrected chi connectivity index (χ3v) is 5.26. The summed E-state index contributed by atoms with van der Waals surface area (Å²) in [5.41, 5.74) is 0.482. The summed E-state index contributed by atoms with van der Waals surface area (Å²) in [7, 11) is -1.27. The summed E-state index contributed by atoms with van der Waals surface area (Å²) in [5, 5.41) is 2.44. The molecule has 28 heavy (non-hydrogen) atoms. The van der Waals surface area contributed by atoms with Crippen LogP contribution in [0.2, 0.25) is 0 Å². The molecule has 0 spiro atoms. The van der Waals surface area contributed by atoms with Crippen LogP contribution in [-0.4, -0.2) is 45.6 Å². The molecule has 2 aromatic rings. The molecule has 0 atom stereocenters. The Morgan fingerprint density at radius 1 is 1.04 bits per heavy atom. The van der Waals surface area contributed by atoms with Crippen LogP contribution in [0.5, 0.6) is 5.75 Å². The van der Waals surface area contributed by atoms with E-state index in [-0.39, 0.29) is 5.69 Å². The van der Waals surface area contributed by atoms with Crippen LogP contribution in [0.15, 0.2) is 54.6 Å². The lowest BCUT2D eigenvalue weighted by Gasteiger charge is -2.26. The quantitative estimate of drug-likeness (QED) is 0.752. The molecule has 0 aromatic heterocycles. The molecule has 0 bridgehead atoms. The van der Waals surface area contributed by atoms with Crippen LogP contribution in [0.4, 0.5) is 24.5 Å². The van der Waals surface area contributed by atoms with Gasteiger partial charge in [-0.1, -0.05) is 18.2 Å². The first kappa shape index (κ1) is 21.5. The average molecular weight is 417 g/mol. The minimum absolute atomic E-state index is 0.190. The van der Waals surface area contributed by atoms with Crippen LogP contribution in [0, 0.1) is 0 Å². The predicted molar refractivity (Wildman–Crippen MR) is 98.1 cm³/mol. The Bertz CT molecular complexity index is 901. The van der Waals surface area contributed by atoms with E-state index in [1.807, 2.05) is 0 Å². The summed E-state index contributed by atoms with van der Waals surface area (Å²) in [6.45, 7) is -0.522. The molecule has 0 aliphatic rings. The molecule has 1 N–H and O–H groups in total. The first-order valence-corrected chi connectivity index (χ1v) is 9.29. The van der Waals surface area contributed by atoms with Gasteiger partial charge in [0.2, 0.25) is 5.91 Å². The molecule has 2 aromatic carbocycles. The number of nitrogens with zero attached hydrogens (tertiary/aromatic N) is 2. The van der Waals surface area contributed by atoms with Crippen molar-refractivity contribution in [2.75, 3.05) is 30.3 Å². The smallest absolute Gasteiger partial charge is 0.406 e. The Labute approximate surface area is 160 Å². The van der Waals surface area contributed by atoms with Crippen LogP contribution in [-0.2, 0) is 15.0 Å². The van der Waals surface area contributed by atoms with Crippen molar-refractivity contribution in [1.29, 1.82) is 0 Å². The lowest BCUT2D eigenvalue weighted by molar-refractivity contribution is -0.274. The van der Waals surface area contributed by atoms with Crippen molar-refractivity contribution in [3.8, 4) is 5.75 Å². The molecule has 0 aliphatic carbocycles. The number of nitrogens with one attached hydrogen (secondary N) is 1. The van der Waals surface area contributed by atoms with Gasteiger partial charge in [-0.25, -0.2) is 4.31 Å².